The highest BCUT2D eigenvalue weighted by atomic mass is 35.5. The lowest BCUT2D eigenvalue weighted by molar-refractivity contribution is 0.423. The van der Waals surface area contributed by atoms with Gasteiger partial charge in [-0.25, -0.2) is 0 Å². The van der Waals surface area contributed by atoms with Gasteiger partial charge in [0.2, 0.25) is 0 Å². The first-order valence-corrected chi connectivity index (χ1v) is 8.89. The van der Waals surface area contributed by atoms with Crippen LogP contribution in [0.1, 0.15) is 32.1 Å². The number of nitrogens with one attached hydrogen (secondary N) is 1. The van der Waals surface area contributed by atoms with Crippen molar-refractivity contribution in [1.82, 2.24) is 4.72 Å². The molecule has 0 spiro atoms. The van der Waals surface area contributed by atoms with Crippen molar-refractivity contribution in [1.29, 1.82) is 0 Å². The van der Waals surface area contributed by atoms with Crippen molar-refractivity contribution in [2.75, 3.05) is 0 Å². The van der Waals surface area contributed by atoms with E-state index in [1.54, 1.807) is 41.5 Å². The Labute approximate surface area is 131 Å². The van der Waals surface area contributed by atoms with E-state index < -0.39 is 0 Å². The highest BCUT2D eigenvalue weighted by molar-refractivity contribution is 7.99. The third-order valence-electron chi connectivity index (χ3n) is 3.60. The highest BCUT2D eigenvalue weighted by Gasteiger charge is 2.13. The molecule has 0 unspecified atom stereocenters. The van der Waals surface area contributed by atoms with E-state index in [1.165, 1.54) is 32.1 Å². The van der Waals surface area contributed by atoms with E-state index >= 15 is 0 Å². The van der Waals surface area contributed by atoms with Crippen LogP contribution in [0.5, 0.6) is 0 Å². The SMILES string of the molecule is O=c1cc(SNC2CCCCC2)sc2cc(Cl)ccc12. The van der Waals surface area contributed by atoms with Crippen LogP contribution in [0.15, 0.2) is 33.3 Å². The Morgan fingerprint density at radius 2 is 2.00 bits per heavy atom. The standard InChI is InChI=1S/C15H16ClNOS2/c16-10-6-7-12-13(18)9-15(19-14(12)8-10)20-17-11-4-2-1-3-5-11/h6-9,11,17H,1-5H2. The summed E-state index contributed by atoms with van der Waals surface area (Å²) in [6.45, 7) is 0. The zero-order chi connectivity index (χ0) is 13.9. The van der Waals surface area contributed by atoms with Gasteiger partial charge in [-0.2, -0.15) is 0 Å². The summed E-state index contributed by atoms with van der Waals surface area (Å²) in [5, 5.41) is 1.43. The first-order valence-electron chi connectivity index (χ1n) is 6.88. The Kier molecular flexibility index (Phi) is 4.66. The van der Waals surface area contributed by atoms with Crippen molar-refractivity contribution in [2.45, 2.75) is 42.4 Å². The summed E-state index contributed by atoms with van der Waals surface area (Å²) in [5.74, 6) is 0. The first-order chi connectivity index (χ1) is 9.72. The first kappa shape index (κ1) is 14.4. The van der Waals surface area contributed by atoms with Gasteiger partial charge in [0.25, 0.3) is 0 Å². The molecule has 0 atom stereocenters. The van der Waals surface area contributed by atoms with Crippen LogP contribution in [0.2, 0.25) is 5.02 Å². The van der Waals surface area contributed by atoms with Gasteiger partial charge in [-0.1, -0.05) is 30.9 Å². The van der Waals surface area contributed by atoms with Crippen molar-refractivity contribution in [2.24, 2.45) is 0 Å². The molecule has 1 aliphatic rings. The van der Waals surface area contributed by atoms with Crippen molar-refractivity contribution < 1.29 is 0 Å². The van der Waals surface area contributed by atoms with E-state index in [9.17, 15) is 4.79 Å². The fourth-order valence-electron chi connectivity index (χ4n) is 2.52. The fraction of sp³-hybridized carbons (Fsp3) is 0.400. The molecule has 0 amide bonds. The van der Waals surface area contributed by atoms with Gasteiger partial charge in [0.05, 0.1) is 4.21 Å². The molecule has 0 aliphatic heterocycles. The number of hydrogen-bond donors (Lipinski definition) is 1. The maximum atomic E-state index is 12.1. The predicted octanol–water partition coefficient (Wildman–Crippen LogP) is 4.84. The van der Waals surface area contributed by atoms with Crippen LogP contribution < -0.4 is 10.2 Å². The van der Waals surface area contributed by atoms with E-state index in [0.717, 1.165) is 14.3 Å². The van der Waals surface area contributed by atoms with Crippen LogP contribution in [0.3, 0.4) is 0 Å². The molecular weight excluding hydrogens is 310 g/mol. The Hall–Kier alpha value is -0.550. The van der Waals surface area contributed by atoms with E-state index in [-0.39, 0.29) is 5.43 Å². The van der Waals surface area contributed by atoms with Crippen LogP contribution in [0, 0.1) is 0 Å². The monoisotopic (exact) mass is 325 g/mol. The maximum Gasteiger partial charge on any atom is 0.189 e. The fourth-order valence-corrected chi connectivity index (χ4v) is 4.87. The van der Waals surface area contributed by atoms with E-state index in [4.69, 9.17) is 11.6 Å². The second kappa shape index (κ2) is 6.48. The molecule has 106 valence electrons. The topological polar surface area (TPSA) is 29.1 Å². The lowest BCUT2D eigenvalue weighted by Gasteiger charge is -2.21. The lowest BCUT2D eigenvalue weighted by atomic mass is 9.96. The van der Waals surface area contributed by atoms with Gasteiger partial charge in [0.1, 0.15) is 0 Å². The predicted molar refractivity (Wildman–Crippen MR) is 89.0 cm³/mol. The number of rotatable bonds is 3. The highest BCUT2D eigenvalue weighted by Crippen LogP contribution is 2.29. The summed E-state index contributed by atoms with van der Waals surface area (Å²) in [5.41, 5.74) is 0.0726. The molecule has 1 heterocycles. The summed E-state index contributed by atoms with van der Waals surface area (Å²) in [6.07, 6.45) is 6.44. The molecule has 2 aromatic rings. The van der Waals surface area contributed by atoms with Crippen LogP contribution in [0.4, 0.5) is 0 Å². The average molecular weight is 326 g/mol. The molecular formula is C15H16ClNOS2. The summed E-state index contributed by atoms with van der Waals surface area (Å²) >= 11 is 9.21. The molecule has 20 heavy (non-hydrogen) atoms. The molecule has 1 aliphatic carbocycles. The van der Waals surface area contributed by atoms with Gasteiger partial charge in [-0.05, 0) is 43.0 Å². The minimum Gasteiger partial charge on any atom is -0.289 e. The van der Waals surface area contributed by atoms with Crippen LogP contribution >= 0.6 is 34.9 Å². The number of halogens is 1. The van der Waals surface area contributed by atoms with Gasteiger partial charge in [0.15, 0.2) is 5.43 Å². The molecule has 0 saturated heterocycles. The maximum absolute atomic E-state index is 12.1. The molecule has 0 radical (unpaired) electrons. The minimum atomic E-state index is 0.0726. The van der Waals surface area contributed by atoms with Gasteiger partial charge in [-0.15, -0.1) is 11.3 Å². The van der Waals surface area contributed by atoms with E-state index in [2.05, 4.69) is 4.72 Å². The zero-order valence-corrected chi connectivity index (χ0v) is 13.4. The molecule has 1 N–H and O–H groups in total. The van der Waals surface area contributed by atoms with Gasteiger partial charge >= 0.3 is 0 Å². The molecule has 1 saturated carbocycles. The van der Waals surface area contributed by atoms with Gasteiger partial charge in [0, 0.05) is 27.2 Å². The van der Waals surface area contributed by atoms with Crippen LogP contribution in [-0.4, -0.2) is 6.04 Å². The van der Waals surface area contributed by atoms with Crippen molar-refractivity contribution >= 4 is 45.0 Å². The Morgan fingerprint density at radius 1 is 1.20 bits per heavy atom. The normalized spacial score (nSPS) is 16.6. The Bertz CT molecular complexity index is 664. The quantitative estimate of drug-likeness (QED) is 0.818. The van der Waals surface area contributed by atoms with Gasteiger partial charge in [-0.3, -0.25) is 9.52 Å². The van der Waals surface area contributed by atoms with Crippen molar-refractivity contribution in [3.05, 3.63) is 39.5 Å². The van der Waals surface area contributed by atoms with E-state index in [1.807, 2.05) is 6.07 Å². The summed E-state index contributed by atoms with van der Waals surface area (Å²) in [4.78, 5) is 12.1. The molecule has 1 aromatic carbocycles. The lowest BCUT2D eigenvalue weighted by Crippen LogP contribution is -2.25. The number of benzene rings is 1. The van der Waals surface area contributed by atoms with Crippen LogP contribution in [-0.2, 0) is 0 Å². The minimum absolute atomic E-state index is 0.0726. The van der Waals surface area contributed by atoms with Crippen molar-refractivity contribution in [3.63, 3.8) is 0 Å². The zero-order valence-electron chi connectivity index (χ0n) is 11.0. The number of fused-ring (bicyclic) bond motifs is 1. The summed E-state index contributed by atoms with van der Waals surface area (Å²) in [7, 11) is 0. The molecule has 3 rings (SSSR count). The Morgan fingerprint density at radius 3 is 2.80 bits per heavy atom. The second-order valence-corrected chi connectivity index (χ2v) is 7.78. The molecule has 2 nitrogen and oxygen atoms in total. The molecule has 1 fully saturated rings. The summed E-state index contributed by atoms with van der Waals surface area (Å²) < 4.78 is 5.47. The van der Waals surface area contributed by atoms with Gasteiger partial charge < -0.3 is 0 Å². The van der Waals surface area contributed by atoms with Crippen LogP contribution in [0.25, 0.3) is 10.1 Å². The largest absolute Gasteiger partial charge is 0.289 e. The summed E-state index contributed by atoms with van der Waals surface area (Å²) in [6, 6.07) is 7.74. The molecule has 0 bridgehead atoms. The Balaban J connectivity index is 1.79. The second-order valence-electron chi connectivity index (χ2n) is 5.13. The van der Waals surface area contributed by atoms with Crippen molar-refractivity contribution in [3.8, 4) is 0 Å². The van der Waals surface area contributed by atoms with E-state index in [0.29, 0.717) is 11.1 Å². The smallest absolute Gasteiger partial charge is 0.189 e. The average Bonchev–Trinajstić information content (AvgIpc) is 2.46. The molecule has 1 aromatic heterocycles. The third kappa shape index (κ3) is 3.37. The third-order valence-corrected chi connectivity index (χ3v) is 5.98. The molecule has 5 heteroatoms. The number of hydrogen-bond acceptors (Lipinski definition) is 4.